The SMILES string of the molecule is COCC[C@@H]1CNC[C@H](C(C)(C)C)C1. The van der Waals surface area contributed by atoms with E-state index in [1.807, 2.05) is 0 Å². The molecule has 1 aliphatic rings. The molecule has 14 heavy (non-hydrogen) atoms. The van der Waals surface area contributed by atoms with Gasteiger partial charge in [0.25, 0.3) is 0 Å². The van der Waals surface area contributed by atoms with Crippen molar-refractivity contribution in [2.24, 2.45) is 17.3 Å². The molecule has 2 nitrogen and oxygen atoms in total. The summed E-state index contributed by atoms with van der Waals surface area (Å²) >= 11 is 0. The predicted molar refractivity (Wildman–Crippen MR) is 60.4 cm³/mol. The van der Waals surface area contributed by atoms with E-state index in [1.165, 1.54) is 25.9 Å². The highest BCUT2D eigenvalue weighted by Gasteiger charge is 2.30. The van der Waals surface area contributed by atoms with Crippen molar-refractivity contribution in [3.8, 4) is 0 Å². The molecule has 1 aliphatic heterocycles. The van der Waals surface area contributed by atoms with Crippen LogP contribution in [0.25, 0.3) is 0 Å². The summed E-state index contributed by atoms with van der Waals surface area (Å²) in [7, 11) is 1.79. The second-order valence-corrected chi connectivity index (χ2v) is 5.60. The van der Waals surface area contributed by atoms with Crippen LogP contribution in [-0.4, -0.2) is 26.8 Å². The summed E-state index contributed by atoms with van der Waals surface area (Å²) in [6, 6.07) is 0. The van der Waals surface area contributed by atoms with E-state index in [2.05, 4.69) is 26.1 Å². The summed E-state index contributed by atoms with van der Waals surface area (Å²) < 4.78 is 5.14. The summed E-state index contributed by atoms with van der Waals surface area (Å²) in [5.74, 6) is 1.63. The second-order valence-electron chi connectivity index (χ2n) is 5.60. The fourth-order valence-electron chi connectivity index (χ4n) is 2.19. The molecule has 0 unspecified atom stereocenters. The van der Waals surface area contributed by atoms with E-state index in [0.29, 0.717) is 5.41 Å². The largest absolute Gasteiger partial charge is 0.385 e. The Bertz CT molecular complexity index is 162. The zero-order chi connectivity index (χ0) is 10.6. The second kappa shape index (κ2) is 5.13. The first-order chi connectivity index (χ1) is 6.54. The lowest BCUT2D eigenvalue weighted by Gasteiger charge is -2.38. The van der Waals surface area contributed by atoms with Crippen molar-refractivity contribution in [2.45, 2.75) is 33.6 Å². The summed E-state index contributed by atoms with van der Waals surface area (Å²) in [6.45, 7) is 10.3. The highest BCUT2D eigenvalue weighted by Crippen LogP contribution is 2.33. The van der Waals surface area contributed by atoms with Crippen molar-refractivity contribution < 1.29 is 4.74 Å². The number of hydrogen-bond acceptors (Lipinski definition) is 2. The lowest BCUT2D eigenvalue weighted by Crippen LogP contribution is -2.41. The highest BCUT2D eigenvalue weighted by atomic mass is 16.5. The van der Waals surface area contributed by atoms with Crippen molar-refractivity contribution in [3.05, 3.63) is 0 Å². The Hall–Kier alpha value is -0.0800. The van der Waals surface area contributed by atoms with Crippen molar-refractivity contribution in [1.29, 1.82) is 0 Å². The third-order valence-electron chi connectivity index (χ3n) is 3.40. The lowest BCUT2D eigenvalue weighted by atomic mass is 9.73. The molecule has 0 aromatic heterocycles. The van der Waals surface area contributed by atoms with E-state index >= 15 is 0 Å². The molecule has 0 radical (unpaired) electrons. The van der Waals surface area contributed by atoms with Crippen LogP contribution in [0.15, 0.2) is 0 Å². The number of nitrogens with one attached hydrogen (secondary N) is 1. The third-order valence-corrected chi connectivity index (χ3v) is 3.40. The topological polar surface area (TPSA) is 21.3 Å². The first-order valence-corrected chi connectivity index (χ1v) is 5.73. The van der Waals surface area contributed by atoms with E-state index in [4.69, 9.17) is 4.74 Å². The van der Waals surface area contributed by atoms with Crippen molar-refractivity contribution >= 4 is 0 Å². The molecule has 1 fully saturated rings. The summed E-state index contributed by atoms with van der Waals surface area (Å²) in [4.78, 5) is 0. The predicted octanol–water partition coefficient (Wildman–Crippen LogP) is 2.29. The average molecular weight is 199 g/mol. The molecule has 2 heteroatoms. The van der Waals surface area contributed by atoms with Crippen LogP contribution in [0.5, 0.6) is 0 Å². The van der Waals surface area contributed by atoms with Gasteiger partial charge in [-0.1, -0.05) is 20.8 Å². The number of rotatable bonds is 3. The van der Waals surface area contributed by atoms with Gasteiger partial charge in [0.15, 0.2) is 0 Å². The molecule has 1 saturated heterocycles. The van der Waals surface area contributed by atoms with Gasteiger partial charge in [0, 0.05) is 13.7 Å². The van der Waals surface area contributed by atoms with Gasteiger partial charge in [-0.3, -0.25) is 0 Å². The Labute approximate surface area is 88.4 Å². The van der Waals surface area contributed by atoms with Crippen LogP contribution in [0, 0.1) is 17.3 Å². The molecule has 1 heterocycles. The normalized spacial score (nSPS) is 29.1. The lowest BCUT2D eigenvalue weighted by molar-refractivity contribution is 0.122. The number of methoxy groups -OCH3 is 1. The molecule has 84 valence electrons. The first kappa shape index (κ1) is 12.0. The quantitative estimate of drug-likeness (QED) is 0.753. The third kappa shape index (κ3) is 3.58. The molecule has 0 bridgehead atoms. The standard InChI is InChI=1S/C12H25NO/c1-12(2,3)11-7-10(5-6-14-4)8-13-9-11/h10-11,13H,5-9H2,1-4H3/t10-,11+/m0/s1. The Morgan fingerprint density at radius 3 is 2.57 bits per heavy atom. The molecule has 1 N–H and O–H groups in total. The summed E-state index contributed by atoms with van der Waals surface area (Å²) in [6.07, 6.45) is 2.57. The van der Waals surface area contributed by atoms with Gasteiger partial charge >= 0.3 is 0 Å². The number of ether oxygens (including phenoxy) is 1. The Kier molecular flexibility index (Phi) is 4.39. The smallest absolute Gasteiger partial charge is 0.0465 e. The van der Waals surface area contributed by atoms with Crippen LogP contribution in [0.2, 0.25) is 0 Å². The van der Waals surface area contributed by atoms with Gasteiger partial charge in [-0.05, 0) is 43.2 Å². The Morgan fingerprint density at radius 2 is 2.00 bits per heavy atom. The van der Waals surface area contributed by atoms with Gasteiger partial charge in [0.1, 0.15) is 0 Å². The number of hydrogen-bond donors (Lipinski definition) is 1. The maximum atomic E-state index is 5.14. The average Bonchev–Trinajstić information content (AvgIpc) is 2.14. The molecular formula is C12H25NO. The van der Waals surface area contributed by atoms with Crippen molar-refractivity contribution in [1.82, 2.24) is 5.32 Å². The minimum Gasteiger partial charge on any atom is -0.385 e. The fourth-order valence-corrected chi connectivity index (χ4v) is 2.19. The van der Waals surface area contributed by atoms with Crippen LogP contribution in [0.3, 0.4) is 0 Å². The van der Waals surface area contributed by atoms with E-state index < -0.39 is 0 Å². The van der Waals surface area contributed by atoms with E-state index in [-0.39, 0.29) is 0 Å². The monoisotopic (exact) mass is 199 g/mol. The zero-order valence-corrected chi connectivity index (χ0v) is 10.1. The zero-order valence-electron chi connectivity index (χ0n) is 10.1. The van der Waals surface area contributed by atoms with Gasteiger partial charge in [-0.2, -0.15) is 0 Å². The maximum Gasteiger partial charge on any atom is 0.0465 e. The van der Waals surface area contributed by atoms with Crippen LogP contribution < -0.4 is 5.32 Å². The van der Waals surface area contributed by atoms with Crippen LogP contribution in [0.1, 0.15) is 33.6 Å². The molecular weight excluding hydrogens is 174 g/mol. The molecule has 0 aromatic rings. The van der Waals surface area contributed by atoms with E-state index in [9.17, 15) is 0 Å². The van der Waals surface area contributed by atoms with E-state index in [1.54, 1.807) is 7.11 Å². The molecule has 2 atom stereocenters. The van der Waals surface area contributed by atoms with Crippen molar-refractivity contribution in [3.63, 3.8) is 0 Å². The van der Waals surface area contributed by atoms with Crippen LogP contribution in [-0.2, 0) is 4.74 Å². The molecule has 0 aromatic carbocycles. The minimum atomic E-state index is 0.443. The first-order valence-electron chi connectivity index (χ1n) is 5.73. The van der Waals surface area contributed by atoms with E-state index in [0.717, 1.165) is 18.4 Å². The van der Waals surface area contributed by atoms with Gasteiger partial charge in [-0.15, -0.1) is 0 Å². The Morgan fingerprint density at radius 1 is 1.29 bits per heavy atom. The summed E-state index contributed by atoms with van der Waals surface area (Å²) in [5, 5.41) is 3.54. The maximum absolute atomic E-state index is 5.14. The van der Waals surface area contributed by atoms with Gasteiger partial charge < -0.3 is 10.1 Å². The van der Waals surface area contributed by atoms with Gasteiger partial charge in [0.05, 0.1) is 0 Å². The number of piperidine rings is 1. The van der Waals surface area contributed by atoms with Gasteiger partial charge in [-0.25, -0.2) is 0 Å². The van der Waals surface area contributed by atoms with Crippen LogP contribution >= 0.6 is 0 Å². The molecule has 0 spiro atoms. The minimum absolute atomic E-state index is 0.443. The highest BCUT2D eigenvalue weighted by molar-refractivity contribution is 4.83. The molecule has 0 amide bonds. The fraction of sp³-hybridized carbons (Fsp3) is 1.00. The Balaban J connectivity index is 2.36. The molecule has 0 aliphatic carbocycles. The summed E-state index contributed by atoms with van der Waals surface area (Å²) in [5.41, 5.74) is 0.443. The molecule has 1 rings (SSSR count). The molecule has 0 saturated carbocycles. The van der Waals surface area contributed by atoms with Crippen LogP contribution in [0.4, 0.5) is 0 Å². The van der Waals surface area contributed by atoms with Gasteiger partial charge in [0.2, 0.25) is 0 Å². The van der Waals surface area contributed by atoms with Crippen molar-refractivity contribution in [2.75, 3.05) is 26.8 Å².